The predicted molar refractivity (Wildman–Crippen MR) is 110 cm³/mol. The summed E-state index contributed by atoms with van der Waals surface area (Å²) in [6.45, 7) is 1.84. The molecule has 6 nitrogen and oxygen atoms in total. The van der Waals surface area contributed by atoms with Crippen LogP contribution < -0.4 is 25.4 Å². The van der Waals surface area contributed by atoms with E-state index in [1.54, 1.807) is 31.4 Å². The van der Waals surface area contributed by atoms with Gasteiger partial charge in [0.25, 0.3) is 0 Å². The van der Waals surface area contributed by atoms with Crippen molar-refractivity contribution in [2.45, 2.75) is 18.7 Å². The van der Waals surface area contributed by atoms with E-state index in [0.29, 0.717) is 10.8 Å². The summed E-state index contributed by atoms with van der Waals surface area (Å²) in [4.78, 5) is 13.2. The van der Waals surface area contributed by atoms with E-state index in [1.807, 2.05) is 25.1 Å². The third-order valence-electron chi connectivity index (χ3n) is 4.84. The van der Waals surface area contributed by atoms with Gasteiger partial charge in [-0.15, -0.1) is 0 Å². The van der Waals surface area contributed by atoms with Crippen LogP contribution in [0.3, 0.4) is 0 Å². The lowest BCUT2D eigenvalue weighted by Gasteiger charge is -2.50. The minimum absolute atomic E-state index is 0.166. The summed E-state index contributed by atoms with van der Waals surface area (Å²) in [6, 6.07) is 12.6. The molecule has 0 spiro atoms. The Balaban J connectivity index is 1.68. The molecule has 0 saturated carbocycles. The molecule has 1 amide bonds. The monoisotopic (exact) mass is 447 g/mol. The molecule has 2 aliphatic heterocycles. The molecule has 140 valence electrons. The fourth-order valence-corrected chi connectivity index (χ4v) is 4.32. The summed E-state index contributed by atoms with van der Waals surface area (Å²) in [5, 5.41) is 9.78. The summed E-state index contributed by atoms with van der Waals surface area (Å²) in [6.07, 6.45) is 0. The third-order valence-corrected chi connectivity index (χ3v) is 5.56. The van der Waals surface area contributed by atoms with Crippen molar-refractivity contribution in [1.29, 1.82) is 0 Å². The van der Waals surface area contributed by atoms with Gasteiger partial charge >= 0.3 is 0 Å². The summed E-state index contributed by atoms with van der Waals surface area (Å²) in [5.74, 6) is 0.751. The molecule has 27 heavy (non-hydrogen) atoms. The van der Waals surface area contributed by atoms with Crippen LogP contribution in [0, 0.1) is 5.92 Å². The first-order chi connectivity index (χ1) is 12.9. The van der Waals surface area contributed by atoms with Gasteiger partial charge in [-0.25, -0.2) is 0 Å². The van der Waals surface area contributed by atoms with Crippen LogP contribution >= 0.6 is 28.1 Å². The first-order valence-electron chi connectivity index (χ1n) is 8.42. The van der Waals surface area contributed by atoms with Gasteiger partial charge < -0.3 is 25.4 Å². The maximum absolute atomic E-state index is 13.2. The highest BCUT2D eigenvalue weighted by Gasteiger charge is 2.54. The Morgan fingerprint density at radius 1 is 1.30 bits per heavy atom. The fourth-order valence-electron chi connectivity index (χ4n) is 3.61. The van der Waals surface area contributed by atoms with Crippen LogP contribution in [0.25, 0.3) is 0 Å². The molecular weight excluding hydrogens is 430 g/mol. The van der Waals surface area contributed by atoms with E-state index < -0.39 is 11.6 Å². The molecule has 3 N–H and O–H groups in total. The number of amides is 1. The standard InChI is InChI=1S/C19H18BrN3O3S/c1-19-15(17(24)21-11-4-6-12(25-2)7-5-11)16(22-18(27)23-19)13-9-10(20)3-8-14(13)26-19/h3-9,15-16H,1-2H3,(H,21,24)(H2,22,23,27)/t15-,16+,19+/m1/s1. The van der Waals surface area contributed by atoms with E-state index in [0.717, 1.165) is 21.5 Å². The Morgan fingerprint density at radius 2 is 2.04 bits per heavy atom. The second-order valence-electron chi connectivity index (χ2n) is 6.66. The van der Waals surface area contributed by atoms with Crippen molar-refractivity contribution in [2.75, 3.05) is 12.4 Å². The van der Waals surface area contributed by atoms with Gasteiger partial charge in [-0.3, -0.25) is 4.79 Å². The topological polar surface area (TPSA) is 71.6 Å². The second-order valence-corrected chi connectivity index (χ2v) is 7.99. The van der Waals surface area contributed by atoms with Gasteiger partial charge in [0.15, 0.2) is 10.8 Å². The molecule has 0 aromatic heterocycles. The Bertz CT molecular complexity index is 921. The third kappa shape index (κ3) is 3.23. The van der Waals surface area contributed by atoms with Crippen molar-refractivity contribution in [2.24, 2.45) is 5.92 Å². The number of hydrogen-bond donors (Lipinski definition) is 3. The molecule has 1 saturated heterocycles. The van der Waals surface area contributed by atoms with Gasteiger partial charge in [-0.05, 0) is 61.6 Å². The average molecular weight is 448 g/mol. The number of halogens is 1. The maximum atomic E-state index is 13.2. The lowest BCUT2D eigenvalue weighted by Crippen LogP contribution is -2.70. The summed E-state index contributed by atoms with van der Waals surface area (Å²) >= 11 is 8.82. The number of hydrogen-bond acceptors (Lipinski definition) is 4. The van der Waals surface area contributed by atoms with Crippen LogP contribution in [0.2, 0.25) is 0 Å². The van der Waals surface area contributed by atoms with Gasteiger partial charge in [0.1, 0.15) is 17.4 Å². The molecule has 0 radical (unpaired) electrons. The van der Waals surface area contributed by atoms with E-state index in [2.05, 4.69) is 31.9 Å². The Morgan fingerprint density at radius 3 is 2.74 bits per heavy atom. The lowest BCUT2D eigenvalue weighted by atomic mass is 9.80. The van der Waals surface area contributed by atoms with Crippen LogP contribution in [0.4, 0.5) is 5.69 Å². The van der Waals surface area contributed by atoms with Gasteiger partial charge in [-0.2, -0.15) is 0 Å². The normalized spacial score (nSPS) is 25.4. The minimum atomic E-state index is -0.954. The molecule has 0 unspecified atom stereocenters. The van der Waals surface area contributed by atoms with Crippen LogP contribution in [0.15, 0.2) is 46.9 Å². The van der Waals surface area contributed by atoms with Crippen molar-refractivity contribution >= 4 is 44.9 Å². The fraction of sp³-hybridized carbons (Fsp3) is 0.263. The number of methoxy groups -OCH3 is 1. The number of anilines is 1. The zero-order valence-electron chi connectivity index (χ0n) is 14.7. The number of carbonyl (C=O) groups excluding carboxylic acids is 1. The summed E-state index contributed by atoms with van der Waals surface area (Å²) < 4.78 is 12.3. The van der Waals surface area contributed by atoms with Gasteiger partial charge in [0, 0.05) is 15.7 Å². The number of thiocarbonyl (C=S) groups is 1. The smallest absolute Gasteiger partial charge is 0.236 e. The zero-order chi connectivity index (χ0) is 19.2. The van der Waals surface area contributed by atoms with E-state index in [-0.39, 0.29) is 11.9 Å². The first kappa shape index (κ1) is 18.1. The molecule has 2 aromatic carbocycles. The lowest BCUT2D eigenvalue weighted by molar-refractivity contribution is -0.132. The molecule has 2 heterocycles. The number of ether oxygens (including phenoxy) is 2. The quantitative estimate of drug-likeness (QED) is 0.626. The van der Waals surface area contributed by atoms with Gasteiger partial charge in [0.2, 0.25) is 5.91 Å². The second kappa shape index (κ2) is 6.69. The van der Waals surface area contributed by atoms with E-state index in [1.165, 1.54) is 0 Å². The number of fused-ring (bicyclic) bond motifs is 4. The number of benzene rings is 2. The molecular formula is C19H18BrN3O3S. The van der Waals surface area contributed by atoms with E-state index >= 15 is 0 Å². The molecule has 2 bridgehead atoms. The molecule has 1 fully saturated rings. The van der Waals surface area contributed by atoms with E-state index in [9.17, 15) is 4.79 Å². The van der Waals surface area contributed by atoms with Crippen molar-refractivity contribution in [3.8, 4) is 11.5 Å². The van der Waals surface area contributed by atoms with Crippen molar-refractivity contribution in [3.63, 3.8) is 0 Å². The first-order valence-corrected chi connectivity index (χ1v) is 9.62. The van der Waals surface area contributed by atoms with E-state index in [4.69, 9.17) is 21.7 Å². The van der Waals surface area contributed by atoms with Crippen LogP contribution in [-0.2, 0) is 4.79 Å². The largest absolute Gasteiger partial charge is 0.497 e. The maximum Gasteiger partial charge on any atom is 0.236 e. The molecule has 8 heteroatoms. The number of nitrogens with one attached hydrogen (secondary N) is 3. The van der Waals surface area contributed by atoms with Gasteiger partial charge in [0.05, 0.1) is 13.2 Å². The van der Waals surface area contributed by atoms with Gasteiger partial charge in [-0.1, -0.05) is 15.9 Å². The minimum Gasteiger partial charge on any atom is -0.497 e. The molecule has 3 atom stereocenters. The molecule has 0 aliphatic carbocycles. The van der Waals surface area contributed by atoms with Crippen LogP contribution in [-0.4, -0.2) is 23.9 Å². The van der Waals surface area contributed by atoms with Crippen LogP contribution in [0.5, 0.6) is 11.5 Å². The summed E-state index contributed by atoms with van der Waals surface area (Å²) in [7, 11) is 1.60. The average Bonchev–Trinajstić information content (AvgIpc) is 2.62. The SMILES string of the molecule is COc1ccc(NC(=O)[C@H]2[C@H]3NC(=S)N[C@@]2(C)Oc2ccc(Br)cc23)cc1. The Labute approximate surface area is 170 Å². The van der Waals surface area contributed by atoms with Crippen molar-refractivity contribution in [3.05, 3.63) is 52.5 Å². The summed E-state index contributed by atoms with van der Waals surface area (Å²) in [5.41, 5.74) is 0.621. The molecule has 4 rings (SSSR count). The Kier molecular flexibility index (Phi) is 4.47. The number of carbonyl (C=O) groups is 1. The number of rotatable bonds is 3. The van der Waals surface area contributed by atoms with Crippen molar-refractivity contribution < 1.29 is 14.3 Å². The zero-order valence-corrected chi connectivity index (χ0v) is 17.1. The highest BCUT2D eigenvalue weighted by Crippen LogP contribution is 2.45. The Hall–Kier alpha value is -2.32. The highest BCUT2D eigenvalue weighted by molar-refractivity contribution is 9.10. The molecule has 2 aromatic rings. The highest BCUT2D eigenvalue weighted by atomic mass is 79.9. The molecule has 2 aliphatic rings. The predicted octanol–water partition coefficient (Wildman–Crippen LogP) is 3.34. The van der Waals surface area contributed by atoms with Crippen molar-refractivity contribution in [1.82, 2.24) is 10.6 Å². The van der Waals surface area contributed by atoms with Crippen LogP contribution in [0.1, 0.15) is 18.5 Å².